The summed E-state index contributed by atoms with van der Waals surface area (Å²) < 4.78 is 5.37. The van der Waals surface area contributed by atoms with Gasteiger partial charge in [-0.1, -0.05) is 18.2 Å². The fourth-order valence-electron chi connectivity index (χ4n) is 2.68. The molecule has 1 N–H and O–H groups in total. The van der Waals surface area contributed by atoms with Crippen molar-refractivity contribution in [2.24, 2.45) is 5.92 Å². The van der Waals surface area contributed by atoms with E-state index in [2.05, 4.69) is 0 Å². The zero-order valence-corrected chi connectivity index (χ0v) is 10.9. The average molecular weight is 273 g/mol. The maximum atomic E-state index is 12.5. The number of hydrogen-bond acceptors (Lipinski definition) is 3. The summed E-state index contributed by atoms with van der Waals surface area (Å²) in [6, 6.07) is 7.35. The van der Waals surface area contributed by atoms with E-state index in [0.29, 0.717) is 24.1 Å². The second-order valence-corrected chi connectivity index (χ2v) is 5.07. The molecule has 5 heteroatoms. The number of amides is 1. The van der Waals surface area contributed by atoms with Gasteiger partial charge in [0.05, 0.1) is 11.5 Å². The summed E-state index contributed by atoms with van der Waals surface area (Å²) >= 11 is 0. The van der Waals surface area contributed by atoms with Gasteiger partial charge in [-0.3, -0.25) is 9.59 Å². The summed E-state index contributed by atoms with van der Waals surface area (Å²) in [7, 11) is 0. The number of hydrogen-bond donors (Lipinski definition) is 1. The molecule has 0 bridgehead atoms. The van der Waals surface area contributed by atoms with Gasteiger partial charge in [0.2, 0.25) is 0 Å². The molecule has 1 saturated heterocycles. The number of carbonyl (C=O) groups excluding carboxylic acids is 1. The van der Waals surface area contributed by atoms with Crippen LogP contribution in [0, 0.1) is 5.92 Å². The van der Waals surface area contributed by atoms with Crippen LogP contribution in [0.2, 0.25) is 0 Å². The predicted molar refractivity (Wildman–Crippen MR) is 72.5 cm³/mol. The highest BCUT2D eigenvalue weighted by atomic mass is 16.4. The van der Waals surface area contributed by atoms with Gasteiger partial charge in [0.1, 0.15) is 11.8 Å². The van der Waals surface area contributed by atoms with E-state index in [1.807, 2.05) is 24.3 Å². The van der Waals surface area contributed by atoms with Crippen LogP contribution < -0.4 is 0 Å². The first kappa shape index (κ1) is 12.7. The highest BCUT2D eigenvalue weighted by Gasteiger charge is 2.29. The van der Waals surface area contributed by atoms with Crippen LogP contribution in [0.15, 0.2) is 34.9 Å². The molecule has 0 saturated carbocycles. The number of nitrogens with zero attached hydrogens (tertiary/aromatic N) is 1. The molecule has 1 aliphatic heterocycles. The molecule has 0 aliphatic carbocycles. The van der Waals surface area contributed by atoms with Crippen molar-refractivity contribution in [3.63, 3.8) is 0 Å². The van der Waals surface area contributed by atoms with Crippen molar-refractivity contribution in [3.8, 4) is 0 Å². The third kappa shape index (κ3) is 2.15. The van der Waals surface area contributed by atoms with E-state index in [4.69, 9.17) is 9.52 Å². The minimum absolute atomic E-state index is 0.152. The van der Waals surface area contributed by atoms with Crippen LogP contribution in [-0.2, 0) is 4.79 Å². The molecule has 2 heterocycles. The fraction of sp³-hybridized carbons (Fsp3) is 0.333. The largest absolute Gasteiger partial charge is 0.481 e. The van der Waals surface area contributed by atoms with Gasteiger partial charge < -0.3 is 14.4 Å². The number of aliphatic carboxylic acids is 1. The Morgan fingerprint density at radius 2 is 2.10 bits per heavy atom. The third-order valence-electron chi connectivity index (χ3n) is 3.77. The summed E-state index contributed by atoms with van der Waals surface area (Å²) in [6.07, 6.45) is 2.81. The Labute approximate surface area is 115 Å². The molecule has 1 aromatic heterocycles. The van der Waals surface area contributed by atoms with E-state index in [1.165, 1.54) is 6.26 Å². The van der Waals surface area contributed by atoms with Crippen molar-refractivity contribution in [1.29, 1.82) is 0 Å². The molecule has 5 nitrogen and oxygen atoms in total. The average Bonchev–Trinajstić information content (AvgIpc) is 2.90. The van der Waals surface area contributed by atoms with Crippen LogP contribution in [0.5, 0.6) is 0 Å². The van der Waals surface area contributed by atoms with Gasteiger partial charge >= 0.3 is 5.97 Å². The van der Waals surface area contributed by atoms with E-state index >= 15 is 0 Å². The zero-order chi connectivity index (χ0) is 14.1. The van der Waals surface area contributed by atoms with E-state index in [0.717, 1.165) is 11.8 Å². The van der Waals surface area contributed by atoms with Crippen molar-refractivity contribution in [1.82, 2.24) is 4.90 Å². The first-order chi connectivity index (χ1) is 9.66. The maximum absolute atomic E-state index is 12.5. The van der Waals surface area contributed by atoms with Gasteiger partial charge in [-0.15, -0.1) is 0 Å². The van der Waals surface area contributed by atoms with Crippen molar-refractivity contribution in [2.75, 3.05) is 13.1 Å². The van der Waals surface area contributed by atoms with Crippen LogP contribution in [0.3, 0.4) is 0 Å². The first-order valence-corrected chi connectivity index (χ1v) is 6.65. The van der Waals surface area contributed by atoms with Gasteiger partial charge in [0.15, 0.2) is 0 Å². The summed E-state index contributed by atoms with van der Waals surface area (Å²) in [6.45, 7) is 0.871. The molecule has 1 amide bonds. The van der Waals surface area contributed by atoms with Crippen LogP contribution in [0.4, 0.5) is 0 Å². The van der Waals surface area contributed by atoms with E-state index < -0.39 is 11.9 Å². The molecule has 0 spiro atoms. The van der Waals surface area contributed by atoms with Crippen LogP contribution in [-0.4, -0.2) is 35.0 Å². The van der Waals surface area contributed by atoms with Crippen LogP contribution >= 0.6 is 0 Å². The number of carboxylic acid groups (broad SMARTS) is 1. The number of fused-ring (bicyclic) bond motifs is 1. The molecule has 1 fully saturated rings. The number of furan rings is 1. The Morgan fingerprint density at radius 1 is 1.30 bits per heavy atom. The highest BCUT2D eigenvalue weighted by Crippen LogP contribution is 2.24. The minimum atomic E-state index is -0.834. The Hall–Kier alpha value is -2.30. The van der Waals surface area contributed by atoms with Gasteiger partial charge in [-0.25, -0.2) is 0 Å². The van der Waals surface area contributed by atoms with Crippen molar-refractivity contribution in [3.05, 3.63) is 36.1 Å². The van der Waals surface area contributed by atoms with Crippen LogP contribution in [0.25, 0.3) is 11.0 Å². The van der Waals surface area contributed by atoms with Crippen molar-refractivity contribution in [2.45, 2.75) is 12.8 Å². The maximum Gasteiger partial charge on any atom is 0.308 e. The van der Waals surface area contributed by atoms with Gasteiger partial charge in [-0.05, 0) is 18.9 Å². The lowest BCUT2D eigenvalue weighted by Crippen LogP contribution is -2.42. The molecule has 1 aromatic carbocycles. The first-order valence-electron chi connectivity index (χ1n) is 6.65. The molecule has 20 heavy (non-hydrogen) atoms. The number of carbonyl (C=O) groups is 2. The topological polar surface area (TPSA) is 70.8 Å². The van der Waals surface area contributed by atoms with Crippen molar-refractivity contribution >= 4 is 22.8 Å². The van der Waals surface area contributed by atoms with E-state index in [1.54, 1.807) is 4.90 Å². The molecule has 1 aliphatic rings. The normalized spacial score (nSPS) is 19.2. The molecule has 3 rings (SSSR count). The second-order valence-electron chi connectivity index (χ2n) is 5.07. The van der Waals surface area contributed by atoms with Crippen LogP contribution in [0.1, 0.15) is 23.2 Å². The van der Waals surface area contributed by atoms with E-state index in [9.17, 15) is 9.59 Å². The third-order valence-corrected chi connectivity index (χ3v) is 3.77. The highest BCUT2D eigenvalue weighted by molar-refractivity contribution is 6.06. The second kappa shape index (κ2) is 5.00. The number of benzene rings is 1. The summed E-state index contributed by atoms with van der Waals surface area (Å²) in [4.78, 5) is 25.2. The quantitative estimate of drug-likeness (QED) is 0.911. The number of piperidine rings is 1. The molecule has 2 aromatic rings. The van der Waals surface area contributed by atoms with Gasteiger partial charge in [0, 0.05) is 18.5 Å². The Kier molecular flexibility index (Phi) is 3.18. The Bertz CT molecular complexity index is 661. The Balaban J connectivity index is 1.87. The standard InChI is InChI=1S/C15H15NO4/c17-14(16-7-3-4-10(8-16)15(18)19)12-9-20-13-6-2-1-5-11(12)13/h1-2,5-6,9-10H,3-4,7-8H2,(H,18,19)/t10-/m1/s1. The number of para-hydroxylation sites is 1. The minimum Gasteiger partial charge on any atom is -0.481 e. The van der Waals surface area contributed by atoms with Crippen molar-refractivity contribution < 1.29 is 19.1 Å². The lowest BCUT2D eigenvalue weighted by atomic mass is 9.97. The monoisotopic (exact) mass is 273 g/mol. The number of carboxylic acids is 1. The number of rotatable bonds is 2. The molecule has 0 radical (unpaired) electrons. The lowest BCUT2D eigenvalue weighted by molar-refractivity contribution is -0.143. The molecular weight excluding hydrogens is 258 g/mol. The zero-order valence-electron chi connectivity index (χ0n) is 10.9. The number of likely N-dealkylation sites (tertiary alicyclic amines) is 1. The summed E-state index contributed by atoms with van der Waals surface area (Å²) in [5, 5.41) is 9.86. The predicted octanol–water partition coefficient (Wildman–Crippen LogP) is 2.37. The molecule has 1 atom stereocenters. The smallest absolute Gasteiger partial charge is 0.308 e. The summed E-state index contributed by atoms with van der Waals surface area (Å²) in [5.41, 5.74) is 1.18. The molecule has 0 unspecified atom stereocenters. The SMILES string of the molecule is O=C(O)[C@@H]1CCCN(C(=O)c2coc3ccccc23)C1. The van der Waals surface area contributed by atoms with Gasteiger partial charge in [0.25, 0.3) is 5.91 Å². The molecule has 104 valence electrons. The Morgan fingerprint density at radius 3 is 2.90 bits per heavy atom. The lowest BCUT2D eigenvalue weighted by Gasteiger charge is -2.30. The van der Waals surface area contributed by atoms with Gasteiger partial charge in [-0.2, -0.15) is 0 Å². The fourth-order valence-corrected chi connectivity index (χ4v) is 2.68. The van der Waals surface area contributed by atoms with E-state index in [-0.39, 0.29) is 12.5 Å². The summed E-state index contributed by atoms with van der Waals surface area (Å²) in [5.74, 6) is -1.45. The molecular formula is C15H15NO4.